The number of hydrogen-bond acceptors (Lipinski definition) is 8. The summed E-state index contributed by atoms with van der Waals surface area (Å²) >= 11 is 0. The van der Waals surface area contributed by atoms with Crippen molar-refractivity contribution in [2.24, 2.45) is 5.73 Å². The molecule has 0 heterocycles. The molecule has 0 aromatic rings. The van der Waals surface area contributed by atoms with Crippen molar-refractivity contribution in [3.05, 3.63) is 0 Å². The Labute approximate surface area is 157 Å². The summed E-state index contributed by atoms with van der Waals surface area (Å²) in [7, 11) is -0.800. The number of unbranched alkanes of at least 4 members (excludes halogenated alkanes) is 1. The van der Waals surface area contributed by atoms with Gasteiger partial charge in [-0.3, -0.25) is 0 Å². The third-order valence-electron chi connectivity index (χ3n) is 3.08. The molecule has 154 valence electrons. The lowest BCUT2D eigenvalue weighted by atomic mass is 10.3. The molecule has 0 saturated carbocycles. The van der Waals surface area contributed by atoms with Gasteiger partial charge in [0.25, 0.3) is 0 Å². The smallest absolute Gasteiger partial charge is 0.377 e. The second kappa shape index (κ2) is 20.4. The summed E-state index contributed by atoms with van der Waals surface area (Å²) in [6, 6.07) is 0. The summed E-state index contributed by atoms with van der Waals surface area (Å²) in [6.07, 6.45) is 2.09. The van der Waals surface area contributed by atoms with Gasteiger partial charge < -0.3 is 37.6 Å². The Morgan fingerprint density at radius 1 is 0.880 bits per heavy atom. The first-order chi connectivity index (χ1) is 12.0. The highest BCUT2D eigenvalue weighted by Gasteiger charge is 2.31. The summed E-state index contributed by atoms with van der Waals surface area (Å²) in [5.41, 5.74) is 5.35. The molecule has 0 fully saturated rings. The van der Waals surface area contributed by atoms with E-state index in [2.05, 4.69) is 5.32 Å². The Morgan fingerprint density at radius 2 is 1.40 bits per heavy atom. The number of nitrogens with one attached hydrogen (secondary N) is 1. The maximum Gasteiger partial charge on any atom is 0.497 e. The van der Waals surface area contributed by atoms with E-state index in [1.807, 2.05) is 27.3 Å². The highest BCUT2D eigenvalue weighted by atomic mass is 28.4. The molecule has 0 aliphatic heterocycles. The number of rotatable bonds is 16. The Bertz CT molecular complexity index is 250. The first kappa shape index (κ1) is 27.3. The van der Waals surface area contributed by atoms with E-state index < -0.39 is 18.3 Å². The molecule has 25 heavy (non-hydrogen) atoms. The minimum atomic E-state index is -2.31. The Morgan fingerprint density at radius 3 is 1.80 bits per heavy atom. The summed E-state index contributed by atoms with van der Waals surface area (Å²) < 4.78 is 31.6. The first-order valence-corrected chi connectivity index (χ1v) is 12.7. The molecule has 0 aliphatic carbocycles. The van der Waals surface area contributed by atoms with Crippen LogP contribution < -0.4 is 11.1 Å². The molecule has 0 atom stereocenters. The molecule has 8 nitrogen and oxygen atoms in total. The molecule has 0 aliphatic rings. The minimum absolute atomic E-state index is 0.677. The highest BCUT2D eigenvalue weighted by molar-refractivity contribution is 6.59. The maximum atomic E-state index is 5.58. The second-order valence-corrected chi connectivity index (χ2v) is 9.43. The third-order valence-corrected chi connectivity index (χ3v) is 7.11. The third kappa shape index (κ3) is 18.7. The van der Waals surface area contributed by atoms with Gasteiger partial charge in [0.1, 0.15) is 0 Å². The van der Waals surface area contributed by atoms with Crippen LogP contribution in [0.1, 0.15) is 33.6 Å². The zero-order valence-corrected chi connectivity index (χ0v) is 19.1. The van der Waals surface area contributed by atoms with Gasteiger partial charge in [-0.15, -0.1) is 0 Å². The van der Waals surface area contributed by atoms with Gasteiger partial charge in [-0.25, -0.2) is 0 Å². The molecule has 0 aromatic carbocycles. The van der Waals surface area contributed by atoms with E-state index in [1.54, 1.807) is 14.2 Å². The van der Waals surface area contributed by atoms with Crippen LogP contribution in [-0.4, -0.2) is 78.6 Å². The lowest BCUT2D eigenvalue weighted by Crippen LogP contribution is -2.40. The van der Waals surface area contributed by atoms with Crippen LogP contribution in [0.15, 0.2) is 0 Å². The largest absolute Gasteiger partial charge is 0.497 e. The normalized spacial score (nSPS) is 11.5. The summed E-state index contributed by atoms with van der Waals surface area (Å²) in [4.78, 5) is 0. The Hall–Kier alpha value is 0.114. The van der Waals surface area contributed by atoms with Crippen LogP contribution in [0.5, 0.6) is 0 Å². The van der Waals surface area contributed by atoms with Crippen molar-refractivity contribution in [2.45, 2.75) is 40.2 Å². The van der Waals surface area contributed by atoms with Crippen molar-refractivity contribution in [3.63, 3.8) is 0 Å². The van der Waals surface area contributed by atoms with E-state index in [4.69, 9.17) is 32.3 Å². The number of nitrogens with two attached hydrogens (primary N) is 1. The molecule has 0 saturated heterocycles. The molecule has 10 heteroatoms. The summed E-state index contributed by atoms with van der Waals surface area (Å²) in [5, 5.41) is 3.23. The van der Waals surface area contributed by atoms with Gasteiger partial charge in [-0.1, -0.05) is 0 Å². The van der Waals surface area contributed by atoms with E-state index in [-0.39, 0.29) is 0 Å². The van der Waals surface area contributed by atoms with Gasteiger partial charge in [-0.05, 0) is 40.2 Å². The van der Waals surface area contributed by atoms with Crippen LogP contribution in [-0.2, 0) is 26.6 Å². The average molecular weight is 401 g/mol. The molecule has 0 aromatic heterocycles. The molecule has 3 N–H and O–H groups in total. The quantitative estimate of drug-likeness (QED) is 0.293. The predicted octanol–water partition coefficient (Wildman–Crippen LogP) is 1.01. The SMILES string of the molecule is CCO[SiH](OCC)OCC.CO[Si](C)(OC)OCCCCNCCN. The monoisotopic (exact) mass is 400 g/mol. The van der Waals surface area contributed by atoms with Crippen LogP contribution in [0.25, 0.3) is 0 Å². The molecule has 0 radical (unpaired) electrons. The zero-order chi connectivity index (χ0) is 19.4. The fourth-order valence-electron chi connectivity index (χ4n) is 1.59. The molecular formula is C15H40N2O6Si2. The van der Waals surface area contributed by atoms with E-state index >= 15 is 0 Å². The predicted molar refractivity (Wildman–Crippen MR) is 105 cm³/mol. The van der Waals surface area contributed by atoms with Crippen LogP contribution >= 0.6 is 0 Å². The summed E-state index contributed by atoms with van der Waals surface area (Å²) in [5.74, 6) is 0. The van der Waals surface area contributed by atoms with Gasteiger partial charge in [-0.2, -0.15) is 0 Å². The standard InChI is InChI=1S/C9H24N2O3Si.C6H16O3Si/c1-12-15(3,13-2)14-9-5-4-7-11-8-6-10;1-4-7-10(8-5-2)9-6-3/h11H,4-10H2,1-3H3;10H,4-6H2,1-3H3. The molecular weight excluding hydrogens is 360 g/mol. The van der Waals surface area contributed by atoms with Crippen LogP contribution in [0, 0.1) is 0 Å². The fourth-order valence-corrected chi connectivity index (χ4v) is 3.61. The van der Waals surface area contributed by atoms with Crippen molar-refractivity contribution in [1.82, 2.24) is 5.32 Å². The second-order valence-electron chi connectivity index (χ2n) is 5.02. The molecule has 0 unspecified atom stereocenters. The maximum absolute atomic E-state index is 5.58. The fraction of sp³-hybridized carbons (Fsp3) is 1.00. The molecule has 0 rings (SSSR count). The van der Waals surface area contributed by atoms with E-state index in [1.165, 1.54) is 0 Å². The van der Waals surface area contributed by atoms with Gasteiger partial charge in [0.15, 0.2) is 0 Å². The topological polar surface area (TPSA) is 93.4 Å². The van der Waals surface area contributed by atoms with Crippen LogP contribution in [0.2, 0.25) is 6.55 Å². The zero-order valence-electron chi connectivity index (χ0n) is 17.0. The first-order valence-electron chi connectivity index (χ1n) is 9.03. The van der Waals surface area contributed by atoms with Crippen LogP contribution in [0.4, 0.5) is 0 Å². The Balaban J connectivity index is 0. The van der Waals surface area contributed by atoms with Gasteiger partial charge in [0.05, 0.1) is 0 Å². The van der Waals surface area contributed by atoms with E-state index in [0.717, 1.165) is 25.9 Å². The minimum Gasteiger partial charge on any atom is -0.377 e. The van der Waals surface area contributed by atoms with Gasteiger partial charge >= 0.3 is 18.3 Å². The van der Waals surface area contributed by atoms with Crippen molar-refractivity contribution in [1.29, 1.82) is 0 Å². The van der Waals surface area contributed by atoms with Crippen molar-refractivity contribution in [2.75, 3.05) is 60.3 Å². The van der Waals surface area contributed by atoms with E-state index in [0.29, 0.717) is 33.0 Å². The van der Waals surface area contributed by atoms with E-state index in [9.17, 15) is 0 Å². The van der Waals surface area contributed by atoms with Gasteiger partial charge in [0, 0.05) is 60.3 Å². The summed E-state index contributed by atoms with van der Waals surface area (Å²) in [6.45, 7) is 13.0. The molecule has 0 amide bonds. The van der Waals surface area contributed by atoms with Crippen molar-refractivity contribution in [3.8, 4) is 0 Å². The molecule has 0 spiro atoms. The number of hydrogen-bond donors (Lipinski definition) is 2. The highest BCUT2D eigenvalue weighted by Crippen LogP contribution is 2.06. The average Bonchev–Trinajstić information content (AvgIpc) is 2.62. The van der Waals surface area contributed by atoms with Crippen LogP contribution in [0.3, 0.4) is 0 Å². The van der Waals surface area contributed by atoms with Gasteiger partial charge in [0.2, 0.25) is 0 Å². The molecule has 0 bridgehead atoms. The van der Waals surface area contributed by atoms with Crippen molar-refractivity contribution < 1.29 is 26.6 Å². The Kier molecular flexibility index (Phi) is 22.3. The lowest BCUT2D eigenvalue weighted by molar-refractivity contribution is 0.104. The van der Waals surface area contributed by atoms with Crippen molar-refractivity contribution >= 4 is 18.3 Å². The lowest BCUT2D eigenvalue weighted by Gasteiger charge is -2.21.